The summed E-state index contributed by atoms with van der Waals surface area (Å²) in [5.41, 5.74) is 3.28. The quantitative estimate of drug-likeness (QED) is 0.753. The molecule has 0 N–H and O–H groups in total. The number of piperidine rings is 1. The SMILES string of the molecule is Cc1cc(C)cc(-n2nnnc2SCC(=O)N2CCC[C@H]3CCCC[C@H]32)c1. The van der Waals surface area contributed by atoms with Gasteiger partial charge in [0.15, 0.2) is 0 Å². The zero-order valence-electron chi connectivity index (χ0n) is 16.1. The number of amides is 1. The molecular weight excluding hydrogens is 358 g/mol. The van der Waals surface area contributed by atoms with Crippen molar-refractivity contribution in [2.45, 2.75) is 63.6 Å². The molecule has 1 aliphatic carbocycles. The summed E-state index contributed by atoms with van der Waals surface area (Å²) in [6.07, 6.45) is 7.45. The average Bonchev–Trinajstić information content (AvgIpc) is 3.13. The molecule has 2 atom stereocenters. The Hall–Kier alpha value is -1.89. The molecule has 2 heterocycles. The van der Waals surface area contributed by atoms with Crippen LogP contribution >= 0.6 is 11.8 Å². The number of rotatable bonds is 4. The van der Waals surface area contributed by atoms with Crippen LogP contribution in [0.3, 0.4) is 0 Å². The van der Waals surface area contributed by atoms with Gasteiger partial charge in [0.2, 0.25) is 11.1 Å². The lowest BCUT2D eigenvalue weighted by Gasteiger charge is -2.44. The first-order chi connectivity index (χ1) is 13.1. The topological polar surface area (TPSA) is 63.9 Å². The Balaban J connectivity index is 1.45. The summed E-state index contributed by atoms with van der Waals surface area (Å²) >= 11 is 1.44. The van der Waals surface area contributed by atoms with E-state index in [1.807, 2.05) is 0 Å². The van der Waals surface area contributed by atoms with Gasteiger partial charge in [-0.2, -0.15) is 4.68 Å². The second kappa shape index (κ2) is 8.00. The first-order valence-electron chi connectivity index (χ1n) is 9.91. The number of aromatic nitrogens is 4. The summed E-state index contributed by atoms with van der Waals surface area (Å²) in [5.74, 6) is 1.34. The lowest BCUT2D eigenvalue weighted by molar-refractivity contribution is -0.134. The fourth-order valence-electron chi connectivity index (χ4n) is 4.65. The highest BCUT2D eigenvalue weighted by Gasteiger charge is 2.35. The molecule has 27 heavy (non-hydrogen) atoms. The van der Waals surface area contributed by atoms with Gasteiger partial charge in [0.1, 0.15) is 0 Å². The van der Waals surface area contributed by atoms with E-state index in [4.69, 9.17) is 0 Å². The summed E-state index contributed by atoms with van der Waals surface area (Å²) < 4.78 is 1.73. The van der Waals surface area contributed by atoms with E-state index in [9.17, 15) is 4.79 Å². The van der Waals surface area contributed by atoms with E-state index in [0.717, 1.165) is 18.7 Å². The minimum Gasteiger partial charge on any atom is -0.339 e. The van der Waals surface area contributed by atoms with Crippen molar-refractivity contribution >= 4 is 17.7 Å². The monoisotopic (exact) mass is 385 g/mol. The molecule has 0 radical (unpaired) electrons. The van der Waals surface area contributed by atoms with E-state index in [1.54, 1.807) is 4.68 Å². The van der Waals surface area contributed by atoms with Crippen LogP contribution in [0, 0.1) is 19.8 Å². The van der Waals surface area contributed by atoms with Gasteiger partial charge >= 0.3 is 0 Å². The van der Waals surface area contributed by atoms with E-state index in [2.05, 4.69) is 52.5 Å². The number of tetrazole rings is 1. The Morgan fingerprint density at radius 2 is 1.85 bits per heavy atom. The fourth-order valence-corrected chi connectivity index (χ4v) is 5.42. The van der Waals surface area contributed by atoms with E-state index >= 15 is 0 Å². The molecule has 2 aromatic rings. The lowest BCUT2D eigenvalue weighted by Crippen LogP contribution is -2.50. The number of nitrogens with zero attached hydrogens (tertiary/aromatic N) is 5. The van der Waals surface area contributed by atoms with Crippen molar-refractivity contribution in [1.29, 1.82) is 0 Å². The highest BCUT2D eigenvalue weighted by atomic mass is 32.2. The van der Waals surface area contributed by atoms with Crippen molar-refractivity contribution in [3.8, 4) is 5.69 Å². The maximum Gasteiger partial charge on any atom is 0.233 e. The van der Waals surface area contributed by atoms with Crippen molar-refractivity contribution in [3.05, 3.63) is 29.3 Å². The van der Waals surface area contributed by atoms with Gasteiger partial charge < -0.3 is 4.90 Å². The molecule has 0 spiro atoms. The Kier molecular flexibility index (Phi) is 5.48. The van der Waals surface area contributed by atoms with Crippen molar-refractivity contribution in [1.82, 2.24) is 25.1 Å². The van der Waals surface area contributed by atoms with Crippen LogP contribution in [-0.4, -0.2) is 49.4 Å². The van der Waals surface area contributed by atoms with Crippen LogP contribution in [0.5, 0.6) is 0 Å². The van der Waals surface area contributed by atoms with Crippen molar-refractivity contribution in [2.24, 2.45) is 5.92 Å². The molecule has 1 aromatic heterocycles. The van der Waals surface area contributed by atoms with Crippen LogP contribution in [0.1, 0.15) is 49.7 Å². The fraction of sp³-hybridized carbons (Fsp3) is 0.600. The molecule has 1 aliphatic heterocycles. The molecule has 1 amide bonds. The third-order valence-electron chi connectivity index (χ3n) is 5.78. The van der Waals surface area contributed by atoms with Crippen LogP contribution in [0.4, 0.5) is 0 Å². The van der Waals surface area contributed by atoms with Gasteiger partial charge in [-0.05, 0) is 79.1 Å². The predicted molar refractivity (Wildman–Crippen MR) is 106 cm³/mol. The van der Waals surface area contributed by atoms with Crippen molar-refractivity contribution < 1.29 is 4.79 Å². The summed E-state index contributed by atoms with van der Waals surface area (Å²) in [6.45, 7) is 5.03. The molecule has 1 aromatic carbocycles. The molecular formula is C20H27N5OS. The number of hydrogen-bond acceptors (Lipinski definition) is 5. The molecule has 6 nitrogen and oxygen atoms in total. The summed E-state index contributed by atoms with van der Waals surface area (Å²) in [4.78, 5) is 15.1. The average molecular weight is 386 g/mol. The maximum absolute atomic E-state index is 12.9. The molecule has 144 valence electrons. The van der Waals surface area contributed by atoms with Crippen molar-refractivity contribution in [3.63, 3.8) is 0 Å². The second-order valence-electron chi connectivity index (χ2n) is 7.85. The summed E-state index contributed by atoms with van der Waals surface area (Å²) in [7, 11) is 0. The number of fused-ring (bicyclic) bond motifs is 1. The Labute approximate surface area is 164 Å². The molecule has 1 saturated carbocycles. The van der Waals surface area contributed by atoms with Gasteiger partial charge in [-0.15, -0.1) is 5.10 Å². The highest BCUT2D eigenvalue weighted by molar-refractivity contribution is 7.99. The number of carbonyl (C=O) groups excluding carboxylic acids is 1. The Bertz CT molecular complexity index is 798. The van der Waals surface area contributed by atoms with Crippen molar-refractivity contribution in [2.75, 3.05) is 12.3 Å². The van der Waals surface area contributed by atoms with Gasteiger partial charge in [-0.25, -0.2) is 0 Å². The largest absolute Gasteiger partial charge is 0.339 e. The molecule has 2 aliphatic rings. The van der Waals surface area contributed by atoms with E-state index < -0.39 is 0 Å². The highest BCUT2D eigenvalue weighted by Crippen LogP contribution is 2.35. The zero-order valence-corrected chi connectivity index (χ0v) is 16.9. The van der Waals surface area contributed by atoms with Crippen LogP contribution < -0.4 is 0 Å². The minimum atomic E-state index is 0.228. The first kappa shape index (κ1) is 18.5. The van der Waals surface area contributed by atoms with Gasteiger partial charge in [0.05, 0.1) is 11.4 Å². The molecule has 1 saturated heterocycles. The van der Waals surface area contributed by atoms with Gasteiger partial charge in [0.25, 0.3) is 0 Å². The van der Waals surface area contributed by atoms with E-state index in [-0.39, 0.29) is 5.91 Å². The number of hydrogen-bond donors (Lipinski definition) is 0. The smallest absolute Gasteiger partial charge is 0.233 e. The normalized spacial score (nSPS) is 22.5. The van der Waals surface area contributed by atoms with Crippen LogP contribution in [0.25, 0.3) is 5.69 Å². The van der Waals surface area contributed by atoms with Crippen LogP contribution in [0.15, 0.2) is 23.4 Å². The third kappa shape index (κ3) is 4.03. The van der Waals surface area contributed by atoms with Gasteiger partial charge in [-0.3, -0.25) is 4.79 Å². The van der Waals surface area contributed by atoms with Gasteiger partial charge in [0, 0.05) is 12.6 Å². The summed E-state index contributed by atoms with van der Waals surface area (Å²) in [5, 5.41) is 12.8. The van der Waals surface area contributed by atoms with Crippen LogP contribution in [0.2, 0.25) is 0 Å². The third-order valence-corrected chi connectivity index (χ3v) is 6.68. The lowest BCUT2D eigenvalue weighted by atomic mass is 9.78. The first-order valence-corrected chi connectivity index (χ1v) is 10.9. The standard InChI is InChI=1S/C20H27N5OS/c1-14-10-15(2)12-17(11-14)25-20(21-22-23-25)27-13-19(26)24-9-5-7-16-6-3-4-8-18(16)24/h10-12,16,18H,3-9,13H2,1-2H3/t16-,18-/m1/s1. The Morgan fingerprint density at radius 1 is 1.11 bits per heavy atom. The molecule has 2 fully saturated rings. The molecule has 4 rings (SSSR count). The molecule has 0 bridgehead atoms. The van der Waals surface area contributed by atoms with E-state index in [1.165, 1.54) is 55.0 Å². The van der Waals surface area contributed by atoms with Crippen LogP contribution in [-0.2, 0) is 4.79 Å². The number of aryl methyl sites for hydroxylation is 2. The summed E-state index contributed by atoms with van der Waals surface area (Å²) in [6, 6.07) is 6.70. The maximum atomic E-state index is 12.9. The zero-order chi connectivity index (χ0) is 18.8. The second-order valence-corrected chi connectivity index (χ2v) is 8.79. The Morgan fingerprint density at radius 3 is 2.67 bits per heavy atom. The van der Waals surface area contributed by atoms with E-state index in [0.29, 0.717) is 22.9 Å². The van der Waals surface area contributed by atoms with Gasteiger partial charge in [-0.1, -0.05) is 30.7 Å². The number of benzene rings is 1. The number of carbonyl (C=O) groups is 1. The predicted octanol–water partition coefficient (Wildman–Crippen LogP) is 3.55. The number of likely N-dealkylation sites (tertiary alicyclic amines) is 1. The minimum absolute atomic E-state index is 0.228. The molecule has 0 unspecified atom stereocenters. The molecule has 7 heteroatoms. The number of thioether (sulfide) groups is 1.